The summed E-state index contributed by atoms with van der Waals surface area (Å²) in [4.78, 5) is 11.3. The molecule has 1 saturated heterocycles. The summed E-state index contributed by atoms with van der Waals surface area (Å²) in [7, 11) is 0. The van der Waals surface area contributed by atoms with Gasteiger partial charge in [0.05, 0.1) is 11.1 Å². The van der Waals surface area contributed by atoms with Crippen LogP contribution < -0.4 is 21.3 Å². The summed E-state index contributed by atoms with van der Waals surface area (Å²) in [5.74, 6) is 0.998. The van der Waals surface area contributed by atoms with Crippen LogP contribution in [-0.4, -0.2) is 35.6 Å². The van der Waals surface area contributed by atoms with Crippen LogP contribution >= 0.6 is 0 Å². The predicted octanol–water partition coefficient (Wildman–Crippen LogP) is 4.16. The van der Waals surface area contributed by atoms with Crippen molar-refractivity contribution in [1.29, 1.82) is 0 Å². The summed E-state index contributed by atoms with van der Waals surface area (Å²) >= 11 is 0. The summed E-state index contributed by atoms with van der Waals surface area (Å²) in [6.45, 7) is 4.62. The van der Waals surface area contributed by atoms with Crippen molar-refractivity contribution in [3.05, 3.63) is 48.0 Å². The van der Waals surface area contributed by atoms with Crippen LogP contribution in [0, 0.1) is 0 Å². The van der Waals surface area contributed by atoms with E-state index in [2.05, 4.69) is 32.4 Å². The molecule has 9 heteroatoms. The average Bonchev–Trinajstić information content (AvgIpc) is 3.15. The molecule has 0 radical (unpaired) electrons. The summed E-state index contributed by atoms with van der Waals surface area (Å²) in [6.07, 6.45) is -3.49. The molecule has 6 nitrogen and oxygen atoms in total. The number of para-hydroxylation sites is 1. The van der Waals surface area contributed by atoms with E-state index in [1.165, 1.54) is 6.07 Å². The molecule has 0 spiro atoms. The smallest absolute Gasteiger partial charge is 0.399 e. The topological polar surface area (TPSA) is 79.1 Å². The Morgan fingerprint density at radius 3 is 2.73 bits per heavy atom. The van der Waals surface area contributed by atoms with Gasteiger partial charge in [0, 0.05) is 35.9 Å². The van der Waals surface area contributed by atoms with Crippen molar-refractivity contribution in [1.82, 2.24) is 15.3 Å². The number of fused-ring (bicyclic) bond motifs is 1. The number of alkyl halides is 3. The molecular weight excluding hydrogens is 393 g/mol. The lowest BCUT2D eigenvalue weighted by Crippen LogP contribution is -2.32. The van der Waals surface area contributed by atoms with Crippen molar-refractivity contribution in [2.75, 3.05) is 35.6 Å². The lowest BCUT2D eigenvalue weighted by molar-refractivity contribution is -0.137. The van der Waals surface area contributed by atoms with Gasteiger partial charge < -0.3 is 21.3 Å². The molecule has 1 atom stereocenters. The van der Waals surface area contributed by atoms with Crippen molar-refractivity contribution < 1.29 is 13.2 Å². The number of nitrogens with two attached hydrogens (primary N) is 1. The number of nitrogens with one attached hydrogen (secondary N) is 2. The molecule has 1 aromatic heterocycles. The first-order valence-corrected chi connectivity index (χ1v) is 9.83. The number of anilines is 4. The molecule has 30 heavy (non-hydrogen) atoms. The Hall–Kier alpha value is -3.07. The number of hydrogen-bond acceptors (Lipinski definition) is 6. The SMILES string of the molecule is CCNC1CCN(c2nc(Nc3cc(N)cc(C(F)(F)F)c3)nc3ccccc23)C1. The van der Waals surface area contributed by atoms with Crippen molar-refractivity contribution in [3.63, 3.8) is 0 Å². The van der Waals surface area contributed by atoms with Crippen LogP contribution in [0.4, 0.5) is 36.3 Å². The highest BCUT2D eigenvalue weighted by Gasteiger charge is 2.31. The van der Waals surface area contributed by atoms with E-state index >= 15 is 0 Å². The van der Waals surface area contributed by atoms with Gasteiger partial charge in [0.2, 0.25) is 5.95 Å². The van der Waals surface area contributed by atoms with Crippen molar-refractivity contribution >= 4 is 34.0 Å². The van der Waals surface area contributed by atoms with Gasteiger partial charge in [-0.3, -0.25) is 0 Å². The minimum Gasteiger partial charge on any atom is -0.399 e. The summed E-state index contributed by atoms with van der Waals surface area (Å²) in [6, 6.07) is 11.3. The zero-order chi connectivity index (χ0) is 21.3. The van der Waals surface area contributed by atoms with E-state index in [9.17, 15) is 13.2 Å². The van der Waals surface area contributed by atoms with Crippen LogP contribution in [0.2, 0.25) is 0 Å². The average molecular weight is 416 g/mol. The zero-order valence-corrected chi connectivity index (χ0v) is 16.5. The van der Waals surface area contributed by atoms with Gasteiger partial charge in [-0.15, -0.1) is 0 Å². The monoisotopic (exact) mass is 416 g/mol. The Kier molecular flexibility index (Phi) is 5.38. The van der Waals surface area contributed by atoms with E-state index in [-0.39, 0.29) is 17.3 Å². The Balaban J connectivity index is 1.70. The molecular formula is C21H23F3N6. The number of nitrogens with zero attached hydrogens (tertiary/aromatic N) is 3. The molecule has 0 bridgehead atoms. The first-order chi connectivity index (χ1) is 14.3. The van der Waals surface area contributed by atoms with Crippen LogP contribution in [0.25, 0.3) is 10.9 Å². The molecule has 1 unspecified atom stereocenters. The molecule has 1 aliphatic heterocycles. The molecule has 1 aliphatic rings. The van der Waals surface area contributed by atoms with Gasteiger partial charge in [-0.1, -0.05) is 19.1 Å². The molecule has 0 saturated carbocycles. The maximum Gasteiger partial charge on any atom is 0.416 e. The third-order valence-corrected chi connectivity index (χ3v) is 5.10. The maximum absolute atomic E-state index is 13.1. The highest BCUT2D eigenvalue weighted by Crippen LogP contribution is 2.34. The second kappa shape index (κ2) is 7.98. The van der Waals surface area contributed by atoms with Crippen LogP contribution in [0.15, 0.2) is 42.5 Å². The van der Waals surface area contributed by atoms with E-state index in [0.29, 0.717) is 6.04 Å². The number of halogens is 3. The van der Waals surface area contributed by atoms with Gasteiger partial charge in [0.25, 0.3) is 0 Å². The van der Waals surface area contributed by atoms with Crippen LogP contribution in [0.1, 0.15) is 18.9 Å². The molecule has 158 valence electrons. The quantitative estimate of drug-likeness (QED) is 0.542. The molecule has 3 aromatic rings. The normalized spacial score (nSPS) is 16.9. The molecule has 2 aromatic carbocycles. The van der Waals surface area contributed by atoms with Gasteiger partial charge in [0.15, 0.2) is 0 Å². The number of benzene rings is 2. The number of nitrogen functional groups attached to an aromatic ring is 1. The van der Waals surface area contributed by atoms with Gasteiger partial charge >= 0.3 is 6.18 Å². The summed E-state index contributed by atoms with van der Waals surface area (Å²) in [5.41, 5.74) is 5.78. The fourth-order valence-electron chi connectivity index (χ4n) is 3.78. The number of likely N-dealkylation sites (N-methyl/N-ethyl adjacent to an activating group) is 1. The number of hydrogen-bond donors (Lipinski definition) is 3. The lowest BCUT2D eigenvalue weighted by Gasteiger charge is -2.21. The highest BCUT2D eigenvalue weighted by atomic mass is 19.4. The molecule has 4 N–H and O–H groups in total. The minimum absolute atomic E-state index is 0.0152. The fourth-order valence-corrected chi connectivity index (χ4v) is 3.78. The minimum atomic E-state index is -4.49. The van der Waals surface area contributed by atoms with E-state index in [0.717, 1.165) is 54.9 Å². The Bertz CT molecular complexity index is 1050. The Labute approximate surface area is 172 Å². The zero-order valence-electron chi connectivity index (χ0n) is 16.5. The van der Waals surface area contributed by atoms with Gasteiger partial charge in [-0.2, -0.15) is 18.2 Å². The second-order valence-corrected chi connectivity index (χ2v) is 7.34. The molecule has 0 amide bonds. The number of rotatable bonds is 5. The molecule has 1 fully saturated rings. The maximum atomic E-state index is 13.1. The van der Waals surface area contributed by atoms with Gasteiger partial charge in [-0.25, -0.2) is 4.98 Å². The summed E-state index contributed by atoms with van der Waals surface area (Å²) < 4.78 is 39.4. The second-order valence-electron chi connectivity index (χ2n) is 7.34. The molecule has 2 heterocycles. The van der Waals surface area contributed by atoms with E-state index < -0.39 is 11.7 Å². The third-order valence-electron chi connectivity index (χ3n) is 5.10. The Morgan fingerprint density at radius 1 is 1.17 bits per heavy atom. The van der Waals surface area contributed by atoms with Gasteiger partial charge in [0.1, 0.15) is 5.82 Å². The van der Waals surface area contributed by atoms with E-state index in [1.807, 2.05) is 24.3 Å². The van der Waals surface area contributed by atoms with E-state index in [1.54, 1.807) is 0 Å². The predicted molar refractivity (Wildman–Crippen MR) is 113 cm³/mol. The molecule has 0 aliphatic carbocycles. The number of aromatic nitrogens is 2. The Morgan fingerprint density at radius 2 is 1.97 bits per heavy atom. The van der Waals surface area contributed by atoms with Crippen LogP contribution in [0.3, 0.4) is 0 Å². The van der Waals surface area contributed by atoms with Crippen molar-refractivity contribution in [2.24, 2.45) is 0 Å². The van der Waals surface area contributed by atoms with Crippen LogP contribution in [-0.2, 0) is 6.18 Å². The summed E-state index contributed by atoms with van der Waals surface area (Å²) in [5, 5.41) is 7.26. The van der Waals surface area contributed by atoms with Gasteiger partial charge in [-0.05, 0) is 43.3 Å². The largest absolute Gasteiger partial charge is 0.416 e. The third kappa shape index (κ3) is 4.25. The van der Waals surface area contributed by atoms with Crippen LogP contribution in [0.5, 0.6) is 0 Å². The van der Waals surface area contributed by atoms with E-state index in [4.69, 9.17) is 5.73 Å². The standard InChI is InChI=1S/C21H23F3N6/c1-2-26-15-7-8-30(12-15)19-17-5-3-4-6-18(17)28-20(29-19)27-16-10-13(21(22,23)24)9-14(25)11-16/h3-6,9-11,15,26H,2,7-8,12,25H2,1H3,(H,27,28,29). The molecule has 4 rings (SSSR count). The van der Waals surface area contributed by atoms with Crippen molar-refractivity contribution in [2.45, 2.75) is 25.6 Å². The first kappa shape index (κ1) is 20.2. The lowest BCUT2D eigenvalue weighted by atomic mass is 10.1. The first-order valence-electron chi connectivity index (χ1n) is 9.83. The highest BCUT2D eigenvalue weighted by molar-refractivity contribution is 5.91. The fraction of sp³-hybridized carbons (Fsp3) is 0.333. The van der Waals surface area contributed by atoms with Crippen molar-refractivity contribution in [3.8, 4) is 0 Å².